The van der Waals surface area contributed by atoms with Crippen molar-refractivity contribution in [2.75, 3.05) is 39.5 Å². The molecule has 0 spiro atoms. The summed E-state index contributed by atoms with van der Waals surface area (Å²) in [6.45, 7) is 18.5. The second-order valence-electron chi connectivity index (χ2n) is 18.3. The Morgan fingerprint density at radius 3 is 1.62 bits per heavy atom. The van der Waals surface area contributed by atoms with Crippen molar-refractivity contribution < 1.29 is 28.6 Å². The summed E-state index contributed by atoms with van der Waals surface area (Å²) < 4.78 is 17.2. The predicted molar refractivity (Wildman–Crippen MR) is 235 cm³/mol. The molecule has 0 radical (unpaired) electrons. The van der Waals surface area contributed by atoms with Crippen LogP contribution in [0.3, 0.4) is 0 Å². The normalized spacial score (nSPS) is 15.0. The fourth-order valence-electron chi connectivity index (χ4n) is 8.16. The van der Waals surface area contributed by atoms with E-state index in [9.17, 15) is 14.4 Å². The fraction of sp³-hybridized carbons (Fsp3) is 0.939. The largest absolute Gasteiger partial charge is 0.466 e. The molecule has 7 heteroatoms. The van der Waals surface area contributed by atoms with Gasteiger partial charge in [0, 0.05) is 19.4 Å². The Bertz CT molecular complexity index is 932. The van der Waals surface area contributed by atoms with E-state index in [1.165, 1.54) is 90.1 Å². The molecule has 0 aliphatic carbocycles. The summed E-state index contributed by atoms with van der Waals surface area (Å²) in [6.07, 6.45) is 31.3. The predicted octanol–water partition coefficient (Wildman–Crippen LogP) is 13.4. The third kappa shape index (κ3) is 30.4. The zero-order valence-electron chi connectivity index (χ0n) is 38.0. The van der Waals surface area contributed by atoms with Crippen LogP contribution < -0.4 is 0 Å². The van der Waals surface area contributed by atoms with E-state index >= 15 is 0 Å². The van der Waals surface area contributed by atoms with Crippen molar-refractivity contribution in [3.05, 3.63) is 0 Å². The quantitative estimate of drug-likeness (QED) is 0.0348. The molecule has 0 saturated carbocycles. The van der Waals surface area contributed by atoms with E-state index in [1.54, 1.807) is 0 Å². The number of carbonyl (C=O) groups is 3. The van der Waals surface area contributed by atoms with Crippen molar-refractivity contribution in [2.45, 2.75) is 228 Å². The Kier molecular flexibility index (Phi) is 34.1. The summed E-state index contributed by atoms with van der Waals surface area (Å²) in [6, 6.07) is 0. The molecule has 56 heavy (non-hydrogen) atoms. The van der Waals surface area contributed by atoms with E-state index in [2.05, 4.69) is 46.4 Å². The van der Waals surface area contributed by atoms with Crippen LogP contribution in [-0.2, 0) is 28.6 Å². The number of carbonyl (C=O) groups excluding carboxylic acids is 3. The average molecular weight is 792 g/mol. The number of hydrogen-bond donors (Lipinski definition) is 0. The molecule has 1 saturated heterocycles. The first-order valence-electron chi connectivity index (χ1n) is 24.4. The minimum absolute atomic E-state index is 0.0152. The third-order valence-corrected chi connectivity index (χ3v) is 12.2. The van der Waals surface area contributed by atoms with Gasteiger partial charge in [-0.2, -0.15) is 0 Å². The molecule has 1 aliphatic rings. The van der Waals surface area contributed by atoms with Crippen LogP contribution in [0, 0.1) is 29.6 Å². The van der Waals surface area contributed by atoms with Gasteiger partial charge in [-0.25, -0.2) is 0 Å². The van der Waals surface area contributed by atoms with Crippen LogP contribution in [0.2, 0.25) is 0 Å². The maximum absolute atomic E-state index is 13.2. The van der Waals surface area contributed by atoms with Gasteiger partial charge in [-0.05, 0) is 94.5 Å². The Labute approximate surface area is 347 Å². The molecule has 7 nitrogen and oxygen atoms in total. The first-order chi connectivity index (χ1) is 27.2. The molecular weight excluding hydrogens is 699 g/mol. The van der Waals surface area contributed by atoms with Gasteiger partial charge >= 0.3 is 17.9 Å². The van der Waals surface area contributed by atoms with Gasteiger partial charge in [0.05, 0.1) is 25.7 Å². The van der Waals surface area contributed by atoms with Gasteiger partial charge in [0.2, 0.25) is 0 Å². The zero-order valence-corrected chi connectivity index (χ0v) is 38.0. The highest BCUT2D eigenvalue weighted by atomic mass is 16.5. The van der Waals surface area contributed by atoms with Gasteiger partial charge < -0.3 is 19.1 Å². The van der Waals surface area contributed by atoms with Crippen molar-refractivity contribution in [3.63, 3.8) is 0 Å². The molecule has 3 atom stereocenters. The lowest BCUT2D eigenvalue weighted by Crippen LogP contribution is -2.23. The first kappa shape index (κ1) is 52.4. The van der Waals surface area contributed by atoms with Crippen LogP contribution in [0.4, 0.5) is 0 Å². The summed E-state index contributed by atoms with van der Waals surface area (Å²) in [7, 11) is 0. The topological polar surface area (TPSA) is 82.1 Å². The molecular formula is C49H93NO6. The van der Waals surface area contributed by atoms with E-state index in [4.69, 9.17) is 14.2 Å². The van der Waals surface area contributed by atoms with E-state index in [1.807, 2.05) is 0 Å². The second kappa shape index (κ2) is 36.4. The minimum atomic E-state index is -0.0577. The monoisotopic (exact) mass is 792 g/mol. The Balaban J connectivity index is 2.32. The molecule has 1 aliphatic heterocycles. The summed E-state index contributed by atoms with van der Waals surface area (Å²) in [5.41, 5.74) is 0. The molecule has 3 unspecified atom stereocenters. The van der Waals surface area contributed by atoms with E-state index in [0.717, 1.165) is 103 Å². The van der Waals surface area contributed by atoms with Gasteiger partial charge in [0.1, 0.15) is 0 Å². The number of rotatable bonds is 39. The van der Waals surface area contributed by atoms with Crippen molar-refractivity contribution in [3.8, 4) is 0 Å². The van der Waals surface area contributed by atoms with Crippen LogP contribution in [0.1, 0.15) is 228 Å². The smallest absolute Gasteiger partial charge is 0.308 e. The molecule has 0 aromatic heterocycles. The summed E-state index contributed by atoms with van der Waals surface area (Å²) >= 11 is 0. The van der Waals surface area contributed by atoms with E-state index < -0.39 is 0 Å². The van der Waals surface area contributed by atoms with Crippen molar-refractivity contribution in [1.29, 1.82) is 0 Å². The van der Waals surface area contributed by atoms with Gasteiger partial charge in [-0.3, -0.25) is 14.4 Å². The van der Waals surface area contributed by atoms with Gasteiger partial charge in [0.15, 0.2) is 0 Å². The molecule has 1 fully saturated rings. The first-order valence-corrected chi connectivity index (χ1v) is 24.4. The highest BCUT2D eigenvalue weighted by molar-refractivity contribution is 5.72. The van der Waals surface area contributed by atoms with E-state index in [-0.39, 0.29) is 23.8 Å². The van der Waals surface area contributed by atoms with Crippen LogP contribution >= 0.6 is 0 Å². The minimum Gasteiger partial charge on any atom is -0.466 e. The molecule has 0 amide bonds. The van der Waals surface area contributed by atoms with Crippen molar-refractivity contribution in [2.24, 2.45) is 29.6 Å². The highest BCUT2D eigenvalue weighted by Gasteiger charge is 2.20. The Morgan fingerprint density at radius 2 is 1.04 bits per heavy atom. The van der Waals surface area contributed by atoms with Gasteiger partial charge in [-0.1, -0.05) is 157 Å². The number of hydrogen-bond acceptors (Lipinski definition) is 7. The number of ether oxygens (including phenoxy) is 3. The van der Waals surface area contributed by atoms with Crippen LogP contribution in [0.15, 0.2) is 0 Å². The van der Waals surface area contributed by atoms with Gasteiger partial charge in [-0.15, -0.1) is 0 Å². The zero-order chi connectivity index (χ0) is 41.1. The van der Waals surface area contributed by atoms with Crippen LogP contribution in [0.5, 0.6) is 0 Å². The number of likely N-dealkylation sites (tertiary alicyclic amines) is 1. The number of unbranched alkanes of at least 4 members (excludes halogenated alkanes) is 13. The van der Waals surface area contributed by atoms with Crippen LogP contribution in [-0.4, -0.2) is 62.3 Å². The van der Waals surface area contributed by atoms with Gasteiger partial charge in [0.25, 0.3) is 0 Å². The van der Waals surface area contributed by atoms with Crippen LogP contribution in [0.25, 0.3) is 0 Å². The lowest BCUT2D eigenvalue weighted by atomic mass is 9.89. The molecule has 0 N–H and O–H groups in total. The fourth-order valence-corrected chi connectivity index (χ4v) is 8.16. The summed E-state index contributed by atoms with van der Waals surface area (Å²) in [5.74, 6) is 2.19. The number of esters is 3. The standard InChI is InChI=1S/C49H93NO6/c1-7-9-11-19-28-44(27-18-10-8-2)35-40-54-47(51)31-22-16-12-14-20-29-45(49(53)55-39-26-38-50-36-24-25-37-50)30-21-15-13-17-23-32-48(52)56-41-46(43(5)6)34-33-42(3)4/h42-46H,7-41H2,1-6H3. The lowest BCUT2D eigenvalue weighted by molar-refractivity contribution is -0.149. The third-order valence-electron chi connectivity index (χ3n) is 12.2. The highest BCUT2D eigenvalue weighted by Crippen LogP contribution is 2.24. The Hall–Kier alpha value is -1.63. The molecule has 0 aromatic carbocycles. The molecule has 1 heterocycles. The molecule has 330 valence electrons. The molecule has 0 bridgehead atoms. The Morgan fingerprint density at radius 1 is 0.518 bits per heavy atom. The number of nitrogens with zero attached hydrogens (tertiary/aromatic N) is 1. The SMILES string of the molecule is CCCCCCC(CCCCC)CCOC(=O)CCCCCCCC(CCCCCCCC(=O)OCC(CCC(C)C)C(C)C)C(=O)OCCCN1CCCC1. The molecule has 1 rings (SSSR count). The molecule has 0 aromatic rings. The lowest BCUT2D eigenvalue weighted by Gasteiger charge is -2.21. The maximum atomic E-state index is 13.2. The van der Waals surface area contributed by atoms with Crippen molar-refractivity contribution in [1.82, 2.24) is 4.90 Å². The summed E-state index contributed by atoms with van der Waals surface area (Å²) in [5, 5.41) is 0. The van der Waals surface area contributed by atoms with E-state index in [0.29, 0.717) is 56.3 Å². The summed E-state index contributed by atoms with van der Waals surface area (Å²) in [4.78, 5) is 40.5. The average Bonchev–Trinajstić information content (AvgIpc) is 3.69. The van der Waals surface area contributed by atoms with Crippen molar-refractivity contribution >= 4 is 17.9 Å². The maximum Gasteiger partial charge on any atom is 0.308 e. The second-order valence-corrected chi connectivity index (χ2v) is 18.3.